The molecule has 0 saturated carbocycles. The first kappa shape index (κ1) is 17.8. The van der Waals surface area contributed by atoms with E-state index in [1.54, 1.807) is 43.5 Å². The van der Waals surface area contributed by atoms with Gasteiger partial charge in [-0.1, -0.05) is 35.9 Å². The van der Waals surface area contributed by atoms with E-state index in [0.717, 1.165) is 5.56 Å². The van der Waals surface area contributed by atoms with Crippen molar-refractivity contribution in [1.82, 2.24) is 5.32 Å². The molecule has 126 valence electrons. The number of ether oxygens (including phenoxy) is 1. The number of methoxy groups -OCH3 is 1. The second kappa shape index (κ2) is 8.36. The van der Waals surface area contributed by atoms with E-state index < -0.39 is 6.04 Å². The van der Waals surface area contributed by atoms with Crippen LogP contribution >= 0.6 is 11.6 Å². The Balaban J connectivity index is 2.12. The molecular weight excluding hydrogens is 328 g/mol. The molecule has 0 aromatic heterocycles. The lowest BCUT2D eigenvalue weighted by molar-refractivity contribution is -0.120. The summed E-state index contributed by atoms with van der Waals surface area (Å²) in [5.74, 6) is 0.140. The van der Waals surface area contributed by atoms with Crippen molar-refractivity contribution in [2.75, 3.05) is 12.4 Å². The van der Waals surface area contributed by atoms with E-state index in [9.17, 15) is 9.59 Å². The molecular formula is C18H19ClN2O3. The summed E-state index contributed by atoms with van der Waals surface area (Å²) in [6, 6.07) is 13.7. The van der Waals surface area contributed by atoms with Crippen molar-refractivity contribution in [3.63, 3.8) is 0 Å². The van der Waals surface area contributed by atoms with Crippen LogP contribution in [0.2, 0.25) is 5.02 Å². The maximum Gasteiger partial charge on any atom is 0.226 e. The number of hydrogen-bond donors (Lipinski definition) is 2. The molecule has 2 rings (SSSR count). The topological polar surface area (TPSA) is 67.4 Å². The molecule has 0 spiro atoms. The molecule has 5 nitrogen and oxygen atoms in total. The standard InChI is InChI=1S/C18H19ClN2O3/c1-12(22)20-16(13-7-9-14(19)10-8-13)11-18(23)21-15-5-3-4-6-17(15)24-2/h3-10,16H,11H2,1-2H3,(H,20,22)(H,21,23). The molecule has 0 saturated heterocycles. The summed E-state index contributed by atoms with van der Waals surface area (Å²) in [4.78, 5) is 23.8. The van der Waals surface area contributed by atoms with E-state index in [0.29, 0.717) is 16.5 Å². The van der Waals surface area contributed by atoms with Crippen molar-refractivity contribution >= 4 is 29.1 Å². The van der Waals surface area contributed by atoms with E-state index in [1.165, 1.54) is 6.92 Å². The van der Waals surface area contributed by atoms with Gasteiger partial charge in [0.2, 0.25) is 11.8 Å². The fourth-order valence-corrected chi connectivity index (χ4v) is 2.45. The number of halogens is 1. The van der Waals surface area contributed by atoms with E-state index in [1.807, 2.05) is 12.1 Å². The summed E-state index contributed by atoms with van der Waals surface area (Å²) in [7, 11) is 1.54. The van der Waals surface area contributed by atoms with Gasteiger partial charge < -0.3 is 15.4 Å². The highest BCUT2D eigenvalue weighted by molar-refractivity contribution is 6.30. The van der Waals surface area contributed by atoms with Crippen LogP contribution in [0, 0.1) is 0 Å². The largest absolute Gasteiger partial charge is 0.495 e. The van der Waals surface area contributed by atoms with Gasteiger partial charge in [0.15, 0.2) is 0 Å². The normalized spacial score (nSPS) is 11.5. The summed E-state index contributed by atoms with van der Waals surface area (Å²) < 4.78 is 5.21. The Morgan fingerprint density at radius 2 is 1.79 bits per heavy atom. The van der Waals surface area contributed by atoms with Gasteiger partial charge in [-0.25, -0.2) is 0 Å². The Labute approximate surface area is 146 Å². The quantitative estimate of drug-likeness (QED) is 0.840. The van der Waals surface area contributed by atoms with Crippen molar-refractivity contribution in [3.8, 4) is 5.75 Å². The highest BCUT2D eigenvalue weighted by Gasteiger charge is 2.18. The van der Waals surface area contributed by atoms with Crippen LogP contribution in [-0.4, -0.2) is 18.9 Å². The minimum atomic E-state index is -0.436. The molecule has 1 atom stereocenters. The minimum absolute atomic E-state index is 0.0965. The molecule has 0 aliphatic rings. The van der Waals surface area contributed by atoms with Gasteiger partial charge >= 0.3 is 0 Å². The fourth-order valence-electron chi connectivity index (χ4n) is 2.33. The monoisotopic (exact) mass is 346 g/mol. The number of carbonyl (C=O) groups is 2. The molecule has 6 heteroatoms. The minimum Gasteiger partial charge on any atom is -0.495 e. The van der Waals surface area contributed by atoms with Crippen LogP contribution in [0.1, 0.15) is 24.9 Å². The third kappa shape index (κ3) is 4.99. The molecule has 0 aliphatic carbocycles. The van der Waals surface area contributed by atoms with Gasteiger partial charge in [-0.2, -0.15) is 0 Å². The number of nitrogens with one attached hydrogen (secondary N) is 2. The Hall–Kier alpha value is -2.53. The molecule has 24 heavy (non-hydrogen) atoms. The lowest BCUT2D eigenvalue weighted by Crippen LogP contribution is -2.29. The molecule has 0 bridgehead atoms. The first-order chi connectivity index (χ1) is 11.5. The number of benzene rings is 2. The van der Waals surface area contributed by atoms with Crippen LogP contribution in [-0.2, 0) is 9.59 Å². The van der Waals surface area contributed by atoms with Crippen LogP contribution in [0.25, 0.3) is 0 Å². The maximum atomic E-state index is 12.4. The molecule has 0 fully saturated rings. The third-order valence-corrected chi connectivity index (χ3v) is 3.67. The Kier molecular flexibility index (Phi) is 6.21. The Morgan fingerprint density at radius 3 is 2.42 bits per heavy atom. The number of amides is 2. The van der Waals surface area contributed by atoms with Gasteiger partial charge in [-0.3, -0.25) is 9.59 Å². The second-order valence-corrected chi connectivity index (χ2v) is 5.69. The number of para-hydroxylation sites is 2. The predicted octanol–water partition coefficient (Wildman–Crippen LogP) is 3.55. The smallest absolute Gasteiger partial charge is 0.226 e. The number of hydrogen-bond acceptors (Lipinski definition) is 3. The summed E-state index contributed by atoms with van der Waals surface area (Å²) in [6.45, 7) is 1.42. The second-order valence-electron chi connectivity index (χ2n) is 5.26. The molecule has 2 N–H and O–H groups in total. The summed E-state index contributed by atoms with van der Waals surface area (Å²) in [6.07, 6.45) is 0.0965. The Bertz CT molecular complexity index is 716. The van der Waals surface area contributed by atoms with Gasteiger partial charge in [0.25, 0.3) is 0 Å². The molecule has 2 amide bonds. The lowest BCUT2D eigenvalue weighted by Gasteiger charge is -2.18. The SMILES string of the molecule is COc1ccccc1NC(=O)CC(NC(C)=O)c1ccc(Cl)cc1. The first-order valence-electron chi connectivity index (χ1n) is 7.45. The highest BCUT2D eigenvalue weighted by Crippen LogP contribution is 2.25. The van der Waals surface area contributed by atoms with Crippen LogP contribution in [0.15, 0.2) is 48.5 Å². The molecule has 2 aromatic carbocycles. The van der Waals surface area contributed by atoms with Crippen LogP contribution in [0.5, 0.6) is 5.75 Å². The zero-order chi connectivity index (χ0) is 17.5. The molecule has 1 unspecified atom stereocenters. The molecule has 0 heterocycles. The van der Waals surface area contributed by atoms with Crippen molar-refractivity contribution < 1.29 is 14.3 Å². The number of rotatable bonds is 6. The summed E-state index contributed by atoms with van der Waals surface area (Å²) >= 11 is 5.89. The van der Waals surface area contributed by atoms with E-state index in [4.69, 9.17) is 16.3 Å². The summed E-state index contributed by atoms with van der Waals surface area (Å²) in [5, 5.41) is 6.19. The Morgan fingerprint density at radius 1 is 1.12 bits per heavy atom. The first-order valence-corrected chi connectivity index (χ1v) is 7.83. The summed E-state index contributed by atoms with van der Waals surface area (Å²) in [5.41, 5.74) is 1.40. The van der Waals surface area contributed by atoms with Gasteiger partial charge in [-0.15, -0.1) is 0 Å². The third-order valence-electron chi connectivity index (χ3n) is 3.42. The van der Waals surface area contributed by atoms with Gasteiger partial charge in [0.1, 0.15) is 5.75 Å². The van der Waals surface area contributed by atoms with Crippen molar-refractivity contribution in [2.45, 2.75) is 19.4 Å². The lowest BCUT2D eigenvalue weighted by atomic mass is 10.0. The maximum absolute atomic E-state index is 12.4. The highest BCUT2D eigenvalue weighted by atomic mass is 35.5. The zero-order valence-electron chi connectivity index (χ0n) is 13.5. The van der Waals surface area contributed by atoms with Crippen molar-refractivity contribution in [1.29, 1.82) is 0 Å². The van der Waals surface area contributed by atoms with E-state index in [2.05, 4.69) is 10.6 Å². The fraction of sp³-hybridized carbons (Fsp3) is 0.222. The number of carbonyl (C=O) groups excluding carboxylic acids is 2. The van der Waals surface area contributed by atoms with Gasteiger partial charge in [0.05, 0.1) is 25.3 Å². The molecule has 0 radical (unpaired) electrons. The van der Waals surface area contributed by atoms with Crippen LogP contribution in [0.4, 0.5) is 5.69 Å². The van der Waals surface area contributed by atoms with Crippen molar-refractivity contribution in [3.05, 3.63) is 59.1 Å². The molecule has 2 aromatic rings. The molecule has 0 aliphatic heterocycles. The van der Waals surface area contributed by atoms with Crippen molar-refractivity contribution in [2.24, 2.45) is 0 Å². The van der Waals surface area contributed by atoms with Gasteiger partial charge in [0, 0.05) is 11.9 Å². The average Bonchev–Trinajstić information content (AvgIpc) is 2.55. The van der Waals surface area contributed by atoms with Crippen LogP contribution in [0.3, 0.4) is 0 Å². The average molecular weight is 347 g/mol. The van der Waals surface area contributed by atoms with E-state index >= 15 is 0 Å². The zero-order valence-corrected chi connectivity index (χ0v) is 14.3. The van der Waals surface area contributed by atoms with E-state index in [-0.39, 0.29) is 18.2 Å². The van der Waals surface area contributed by atoms with Gasteiger partial charge in [-0.05, 0) is 29.8 Å². The van der Waals surface area contributed by atoms with Crippen LogP contribution < -0.4 is 15.4 Å². The predicted molar refractivity (Wildman–Crippen MR) is 94.3 cm³/mol. The number of anilines is 1.